The third-order valence-electron chi connectivity index (χ3n) is 5.84. The molecule has 1 aromatic carbocycles. The van der Waals surface area contributed by atoms with Crippen LogP contribution in [0.25, 0.3) is 5.69 Å². The molecule has 4 rings (SSSR count). The molecule has 1 aliphatic rings. The third kappa shape index (κ3) is 4.99. The largest absolute Gasteiger partial charge is 0.382 e. The molecule has 0 saturated carbocycles. The number of benzene rings is 1. The summed E-state index contributed by atoms with van der Waals surface area (Å²) in [6.45, 7) is 1.01. The summed E-state index contributed by atoms with van der Waals surface area (Å²) in [5.41, 5.74) is 7.84. The number of aryl methyl sites for hydroxylation is 1. The van der Waals surface area contributed by atoms with E-state index in [9.17, 15) is 18.5 Å². The fourth-order valence-corrected chi connectivity index (χ4v) is 6.73. The second kappa shape index (κ2) is 10.4. The molecular weight excluding hydrogens is 472 g/mol. The molecule has 1 aliphatic heterocycles. The van der Waals surface area contributed by atoms with Crippen molar-refractivity contribution in [3.05, 3.63) is 59.1 Å². The first-order valence-corrected chi connectivity index (χ1v) is 13.4. The second-order valence-electron chi connectivity index (χ2n) is 8.09. The van der Waals surface area contributed by atoms with Crippen LogP contribution >= 0.6 is 11.3 Å². The molecule has 1 amide bonds. The monoisotopic (exact) mass is 498 g/mol. The number of amides is 1. The Labute approximate surface area is 202 Å². The molecular formula is C23H26N6O3S2. The summed E-state index contributed by atoms with van der Waals surface area (Å²) in [6, 6.07) is 14.8. The van der Waals surface area contributed by atoms with Crippen LogP contribution in [-0.4, -0.2) is 48.0 Å². The normalized spacial score (nSPS) is 16.7. The number of para-hydroxylation sites is 1. The van der Waals surface area contributed by atoms with Crippen LogP contribution in [0.3, 0.4) is 0 Å². The van der Waals surface area contributed by atoms with Gasteiger partial charge in [-0.15, -0.1) is 11.3 Å². The molecule has 1 unspecified atom stereocenters. The Kier molecular flexibility index (Phi) is 7.31. The van der Waals surface area contributed by atoms with Crippen LogP contribution in [0.15, 0.2) is 52.1 Å². The summed E-state index contributed by atoms with van der Waals surface area (Å²) in [4.78, 5) is 12.7. The number of nitrogens with two attached hydrogens (primary N) is 1. The molecule has 0 radical (unpaired) electrons. The molecule has 0 bridgehead atoms. The molecule has 3 N–H and O–H groups in total. The van der Waals surface area contributed by atoms with Gasteiger partial charge in [0.1, 0.15) is 21.7 Å². The Morgan fingerprint density at radius 1 is 1.26 bits per heavy atom. The van der Waals surface area contributed by atoms with Crippen molar-refractivity contribution in [1.82, 2.24) is 19.4 Å². The van der Waals surface area contributed by atoms with Gasteiger partial charge in [-0.25, -0.2) is 13.1 Å². The van der Waals surface area contributed by atoms with E-state index in [0.29, 0.717) is 60.1 Å². The van der Waals surface area contributed by atoms with Crippen molar-refractivity contribution in [2.45, 2.75) is 29.9 Å². The smallest absolute Gasteiger partial charge is 0.252 e. The molecule has 2 aromatic heterocycles. The quantitative estimate of drug-likeness (QED) is 0.459. The third-order valence-corrected chi connectivity index (χ3v) is 9.08. The fourth-order valence-electron chi connectivity index (χ4n) is 4.07. The predicted octanol–water partition coefficient (Wildman–Crippen LogP) is 2.54. The molecule has 1 atom stereocenters. The van der Waals surface area contributed by atoms with Gasteiger partial charge in [-0.05, 0) is 49.3 Å². The van der Waals surface area contributed by atoms with E-state index in [4.69, 9.17) is 5.73 Å². The van der Waals surface area contributed by atoms with E-state index in [1.165, 1.54) is 15.6 Å². The number of sulfonamides is 1. The molecule has 3 heterocycles. The van der Waals surface area contributed by atoms with Crippen LogP contribution in [0, 0.1) is 17.2 Å². The van der Waals surface area contributed by atoms with Crippen LogP contribution in [0.4, 0.5) is 5.82 Å². The predicted molar refractivity (Wildman–Crippen MR) is 130 cm³/mol. The Morgan fingerprint density at radius 3 is 2.76 bits per heavy atom. The highest BCUT2D eigenvalue weighted by molar-refractivity contribution is 7.91. The van der Waals surface area contributed by atoms with E-state index >= 15 is 0 Å². The van der Waals surface area contributed by atoms with E-state index in [0.717, 1.165) is 5.69 Å². The van der Waals surface area contributed by atoms with E-state index in [-0.39, 0.29) is 18.4 Å². The first-order chi connectivity index (χ1) is 16.4. The molecule has 11 heteroatoms. The average molecular weight is 499 g/mol. The number of hydrogen-bond donors (Lipinski definition) is 2. The van der Waals surface area contributed by atoms with Gasteiger partial charge in [0.25, 0.3) is 10.0 Å². The van der Waals surface area contributed by atoms with Crippen LogP contribution in [0.5, 0.6) is 0 Å². The number of piperidine rings is 1. The number of carbonyl (C=O) groups is 1. The molecule has 34 heavy (non-hydrogen) atoms. The number of anilines is 1. The zero-order valence-electron chi connectivity index (χ0n) is 18.6. The SMILES string of the molecule is N#Cc1c(CCCNC(=O)C2CCCN(S(=O)(=O)c3cccs3)C2)nn(-c2ccccc2)c1N. The highest BCUT2D eigenvalue weighted by atomic mass is 32.2. The summed E-state index contributed by atoms with van der Waals surface area (Å²) in [6.07, 6.45) is 2.36. The maximum atomic E-state index is 12.8. The highest BCUT2D eigenvalue weighted by Crippen LogP contribution is 2.26. The Balaban J connectivity index is 1.32. The number of nitrogens with zero attached hydrogens (tertiary/aromatic N) is 4. The number of nitrogens with one attached hydrogen (secondary N) is 1. The topological polar surface area (TPSA) is 134 Å². The van der Waals surface area contributed by atoms with Crippen molar-refractivity contribution in [2.75, 3.05) is 25.4 Å². The number of carbonyl (C=O) groups excluding carboxylic acids is 1. The lowest BCUT2D eigenvalue weighted by Crippen LogP contribution is -2.45. The zero-order valence-corrected chi connectivity index (χ0v) is 20.2. The number of hydrogen-bond acceptors (Lipinski definition) is 7. The average Bonchev–Trinajstić information content (AvgIpc) is 3.51. The number of thiophene rings is 1. The molecule has 1 saturated heterocycles. The van der Waals surface area contributed by atoms with Gasteiger partial charge >= 0.3 is 0 Å². The van der Waals surface area contributed by atoms with Crippen LogP contribution in [0.1, 0.15) is 30.5 Å². The van der Waals surface area contributed by atoms with Gasteiger partial charge in [-0.2, -0.15) is 14.7 Å². The first kappa shape index (κ1) is 23.9. The van der Waals surface area contributed by atoms with Crippen LogP contribution in [-0.2, 0) is 21.2 Å². The number of nitriles is 1. The first-order valence-electron chi connectivity index (χ1n) is 11.1. The highest BCUT2D eigenvalue weighted by Gasteiger charge is 2.33. The van der Waals surface area contributed by atoms with Gasteiger partial charge in [0.05, 0.1) is 17.3 Å². The summed E-state index contributed by atoms with van der Waals surface area (Å²) < 4.78 is 28.8. The fraction of sp³-hybridized carbons (Fsp3) is 0.348. The van der Waals surface area contributed by atoms with Crippen molar-refractivity contribution >= 4 is 33.1 Å². The molecule has 9 nitrogen and oxygen atoms in total. The van der Waals surface area contributed by atoms with Gasteiger partial charge < -0.3 is 11.1 Å². The Morgan fingerprint density at radius 2 is 2.06 bits per heavy atom. The minimum absolute atomic E-state index is 0.152. The number of rotatable bonds is 8. The van der Waals surface area contributed by atoms with Crippen molar-refractivity contribution in [3.63, 3.8) is 0 Å². The number of nitrogen functional groups attached to an aromatic ring is 1. The minimum atomic E-state index is -3.56. The standard InChI is InChI=1S/C23H26N6O3S2/c24-15-19-20(27-29(22(19)25)18-8-2-1-3-9-18)10-4-12-26-23(30)17-7-5-13-28(16-17)34(31,32)21-11-6-14-33-21/h1-3,6,8-9,11,14,17H,4-5,7,10,12-13,16,25H2,(H,26,30). The molecule has 3 aromatic rings. The summed E-state index contributed by atoms with van der Waals surface area (Å²) in [5, 5.41) is 18.7. The van der Waals surface area contributed by atoms with Gasteiger partial charge in [-0.1, -0.05) is 24.3 Å². The van der Waals surface area contributed by atoms with E-state index < -0.39 is 10.0 Å². The van der Waals surface area contributed by atoms with Gasteiger partial charge in [-0.3, -0.25) is 4.79 Å². The minimum Gasteiger partial charge on any atom is -0.382 e. The van der Waals surface area contributed by atoms with Gasteiger partial charge in [0, 0.05) is 19.6 Å². The van der Waals surface area contributed by atoms with Crippen LogP contribution < -0.4 is 11.1 Å². The van der Waals surface area contributed by atoms with Crippen molar-refractivity contribution < 1.29 is 13.2 Å². The second-order valence-corrected chi connectivity index (χ2v) is 11.2. The van der Waals surface area contributed by atoms with Crippen molar-refractivity contribution in [1.29, 1.82) is 5.26 Å². The lowest BCUT2D eigenvalue weighted by molar-refractivity contribution is -0.126. The summed E-state index contributed by atoms with van der Waals surface area (Å²) in [5.74, 6) is -0.242. The Bertz CT molecular complexity index is 1280. The molecule has 0 spiro atoms. The maximum absolute atomic E-state index is 12.8. The lowest BCUT2D eigenvalue weighted by atomic mass is 9.99. The molecule has 0 aliphatic carbocycles. The lowest BCUT2D eigenvalue weighted by Gasteiger charge is -2.30. The molecule has 1 fully saturated rings. The van der Waals surface area contributed by atoms with Gasteiger partial charge in [0.2, 0.25) is 5.91 Å². The van der Waals surface area contributed by atoms with Crippen molar-refractivity contribution in [2.24, 2.45) is 5.92 Å². The summed E-state index contributed by atoms with van der Waals surface area (Å²) >= 11 is 1.18. The zero-order chi connectivity index (χ0) is 24.1. The number of aromatic nitrogens is 2. The van der Waals surface area contributed by atoms with Gasteiger partial charge in [0.15, 0.2) is 0 Å². The van der Waals surface area contributed by atoms with E-state index in [1.807, 2.05) is 30.3 Å². The van der Waals surface area contributed by atoms with E-state index in [2.05, 4.69) is 16.5 Å². The maximum Gasteiger partial charge on any atom is 0.252 e. The molecule has 178 valence electrons. The van der Waals surface area contributed by atoms with Crippen molar-refractivity contribution in [3.8, 4) is 11.8 Å². The van der Waals surface area contributed by atoms with E-state index in [1.54, 1.807) is 22.2 Å². The summed E-state index contributed by atoms with van der Waals surface area (Å²) in [7, 11) is -3.56. The Hall–Kier alpha value is -3.20. The van der Waals surface area contributed by atoms with Crippen LogP contribution in [0.2, 0.25) is 0 Å².